The lowest BCUT2D eigenvalue weighted by Gasteiger charge is -2.37. The summed E-state index contributed by atoms with van der Waals surface area (Å²) < 4.78 is 5.61. The molecule has 0 spiro atoms. The van der Waals surface area contributed by atoms with Gasteiger partial charge in [-0.2, -0.15) is 0 Å². The molecule has 4 nitrogen and oxygen atoms in total. The summed E-state index contributed by atoms with van der Waals surface area (Å²) in [6.07, 6.45) is 3.77. The van der Waals surface area contributed by atoms with Crippen molar-refractivity contribution in [3.05, 3.63) is 71.3 Å². The van der Waals surface area contributed by atoms with Gasteiger partial charge in [0.1, 0.15) is 0 Å². The van der Waals surface area contributed by atoms with Crippen LogP contribution in [-0.4, -0.2) is 43.2 Å². The summed E-state index contributed by atoms with van der Waals surface area (Å²) in [6.45, 7) is 8.62. The van der Waals surface area contributed by atoms with Crippen molar-refractivity contribution in [2.45, 2.75) is 57.5 Å². The van der Waals surface area contributed by atoms with Crippen molar-refractivity contribution in [1.82, 2.24) is 10.2 Å². The number of ether oxygens (including phenoxy) is 1. The third kappa shape index (κ3) is 5.02. The molecule has 1 amide bonds. The van der Waals surface area contributed by atoms with Crippen molar-refractivity contribution in [1.29, 1.82) is 0 Å². The highest BCUT2D eigenvalue weighted by atomic mass is 16.5. The van der Waals surface area contributed by atoms with Crippen LogP contribution in [0.4, 0.5) is 0 Å². The van der Waals surface area contributed by atoms with Gasteiger partial charge in [0, 0.05) is 38.9 Å². The Bertz CT molecular complexity index is 861. The standard InChI is InChI=1S/C27H36N2O2/c1-21-8-6-7-11-25(21)27(13-16-31-17-14-27)26(30)28-15-12-24-18-22(2)29(20-24)19-23-9-4-3-5-10-23/h3-11,22,24H,12-20H2,1-2H3,(H,28,30)/t22-,24+/m0/s1. The minimum atomic E-state index is -0.452. The normalized spacial score (nSPS) is 23.5. The number of benzene rings is 2. The van der Waals surface area contributed by atoms with Crippen LogP contribution < -0.4 is 5.32 Å². The van der Waals surface area contributed by atoms with Crippen LogP contribution >= 0.6 is 0 Å². The van der Waals surface area contributed by atoms with Crippen LogP contribution in [0.3, 0.4) is 0 Å². The number of hydrogen-bond acceptors (Lipinski definition) is 3. The number of rotatable bonds is 7. The molecule has 2 aliphatic rings. The Morgan fingerprint density at radius 2 is 1.81 bits per heavy atom. The Kier molecular flexibility index (Phi) is 7.09. The van der Waals surface area contributed by atoms with Gasteiger partial charge in [0.2, 0.25) is 5.91 Å². The minimum absolute atomic E-state index is 0.178. The van der Waals surface area contributed by atoms with E-state index in [1.165, 1.54) is 23.1 Å². The highest BCUT2D eigenvalue weighted by Crippen LogP contribution is 2.37. The topological polar surface area (TPSA) is 41.6 Å². The second-order valence-electron chi connectivity index (χ2n) is 9.42. The SMILES string of the molecule is Cc1ccccc1C1(C(=O)NCC[C@@H]2C[C@H](C)N(Cc3ccccc3)C2)CCOCC1. The summed E-state index contributed by atoms with van der Waals surface area (Å²) >= 11 is 0. The van der Waals surface area contributed by atoms with Crippen LogP contribution in [0, 0.1) is 12.8 Å². The number of hydrogen-bond donors (Lipinski definition) is 1. The summed E-state index contributed by atoms with van der Waals surface area (Å²) in [5.74, 6) is 0.820. The fraction of sp³-hybridized carbons (Fsp3) is 0.519. The molecule has 0 unspecified atom stereocenters. The quantitative estimate of drug-likeness (QED) is 0.719. The Morgan fingerprint density at radius 3 is 2.55 bits per heavy atom. The molecule has 166 valence electrons. The van der Waals surface area contributed by atoms with Crippen molar-refractivity contribution in [3.63, 3.8) is 0 Å². The second kappa shape index (κ2) is 9.97. The predicted octanol–water partition coefficient (Wildman–Crippen LogP) is 4.46. The van der Waals surface area contributed by atoms with Crippen LogP contribution in [0.2, 0.25) is 0 Å². The molecule has 0 aromatic heterocycles. The van der Waals surface area contributed by atoms with E-state index >= 15 is 0 Å². The first-order chi connectivity index (χ1) is 15.1. The number of carbonyl (C=O) groups excluding carboxylic acids is 1. The summed E-state index contributed by atoms with van der Waals surface area (Å²) in [5, 5.41) is 3.31. The van der Waals surface area contributed by atoms with Gasteiger partial charge in [-0.3, -0.25) is 9.69 Å². The van der Waals surface area contributed by atoms with Gasteiger partial charge in [-0.1, -0.05) is 54.6 Å². The van der Waals surface area contributed by atoms with E-state index in [9.17, 15) is 4.79 Å². The van der Waals surface area contributed by atoms with Gasteiger partial charge in [0.25, 0.3) is 0 Å². The Labute approximate surface area is 187 Å². The number of aryl methyl sites for hydroxylation is 1. The van der Waals surface area contributed by atoms with E-state index in [0.717, 1.165) is 38.9 Å². The maximum Gasteiger partial charge on any atom is 0.230 e. The van der Waals surface area contributed by atoms with Crippen molar-refractivity contribution in [3.8, 4) is 0 Å². The van der Waals surface area contributed by atoms with Crippen molar-refractivity contribution >= 4 is 5.91 Å². The van der Waals surface area contributed by atoms with E-state index in [-0.39, 0.29) is 5.91 Å². The maximum atomic E-state index is 13.4. The molecule has 0 saturated carbocycles. The van der Waals surface area contributed by atoms with Crippen LogP contribution in [0.1, 0.15) is 49.3 Å². The summed E-state index contributed by atoms with van der Waals surface area (Å²) in [5.41, 5.74) is 3.29. The molecule has 2 aromatic rings. The molecule has 2 aromatic carbocycles. The first-order valence-electron chi connectivity index (χ1n) is 11.8. The third-order valence-corrected chi connectivity index (χ3v) is 7.30. The van der Waals surface area contributed by atoms with Gasteiger partial charge in [-0.25, -0.2) is 0 Å². The Morgan fingerprint density at radius 1 is 1.10 bits per heavy atom. The van der Waals surface area contributed by atoms with E-state index in [0.29, 0.717) is 25.2 Å². The summed E-state index contributed by atoms with van der Waals surface area (Å²) in [7, 11) is 0. The van der Waals surface area contributed by atoms with Gasteiger partial charge < -0.3 is 10.1 Å². The van der Waals surface area contributed by atoms with Crippen LogP contribution in [0.25, 0.3) is 0 Å². The van der Waals surface area contributed by atoms with Crippen molar-refractivity contribution in [2.75, 3.05) is 26.3 Å². The van der Waals surface area contributed by atoms with Gasteiger partial charge in [0.15, 0.2) is 0 Å². The van der Waals surface area contributed by atoms with Crippen molar-refractivity contribution in [2.24, 2.45) is 5.92 Å². The fourth-order valence-electron chi connectivity index (χ4n) is 5.47. The molecule has 31 heavy (non-hydrogen) atoms. The minimum Gasteiger partial charge on any atom is -0.381 e. The van der Waals surface area contributed by atoms with Gasteiger partial charge in [-0.15, -0.1) is 0 Å². The molecule has 4 heteroatoms. The number of amides is 1. The molecule has 1 N–H and O–H groups in total. The Hall–Kier alpha value is -2.17. The first-order valence-corrected chi connectivity index (χ1v) is 11.8. The smallest absolute Gasteiger partial charge is 0.230 e. The number of nitrogens with zero attached hydrogens (tertiary/aromatic N) is 1. The zero-order valence-corrected chi connectivity index (χ0v) is 19.0. The van der Waals surface area contributed by atoms with Gasteiger partial charge >= 0.3 is 0 Å². The lowest BCUT2D eigenvalue weighted by Crippen LogP contribution is -2.48. The van der Waals surface area contributed by atoms with E-state index in [1.807, 2.05) is 12.1 Å². The molecular formula is C27H36N2O2. The van der Waals surface area contributed by atoms with E-state index in [2.05, 4.69) is 66.5 Å². The van der Waals surface area contributed by atoms with Crippen LogP contribution in [0.15, 0.2) is 54.6 Å². The molecule has 2 atom stereocenters. The Balaban J connectivity index is 1.33. The van der Waals surface area contributed by atoms with Crippen molar-refractivity contribution < 1.29 is 9.53 Å². The molecule has 2 fully saturated rings. The van der Waals surface area contributed by atoms with Gasteiger partial charge in [0.05, 0.1) is 5.41 Å². The lowest BCUT2D eigenvalue weighted by atomic mass is 9.71. The average molecular weight is 421 g/mol. The summed E-state index contributed by atoms with van der Waals surface area (Å²) in [6, 6.07) is 19.6. The predicted molar refractivity (Wildman–Crippen MR) is 125 cm³/mol. The molecule has 2 saturated heterocycles. The third-order valence-electron chi connectivity index (χ3n) is 7.30. The largest absolute Gasteiger partial charge is 0.381 e. The monoisotopic (exact) mass is 420 g/mol. The number of carbonyl (C=O) groups is 1. The molecule has 0 bridgehead atoms. The number of nitrogens with one attached hydrogen (secondary N) is 1. The molecule has 2 aliphatic heterocycles. The number of likely N-dealkylation sites (tertiary alicyclic amines) is 1. The van der Waals surface area contributed by atoms with E-state index in [4.69, 9.17) is 4.74 Å². The molecule has 4 rings (SSSR count). The van der Waals surface area contributed by atoms with Gasteiger partial charge in [-0.05, 0) is 62.1 Å². The van der Waals surface area contributed by atoms with E-state index < -0.39 is 5.41 Å². The highest BCUT2D eigenvalue weighted by molar-refractivity contribution is 5.88. The lowest BCUT2D eigenvalue weighted by molar-refractivity contribution is -0.130. The zero-order chi connectivity index (χ0) is 21.7. The zero-order valence-electron chi connectivity index (χ0n) is 19.0. The molecule has 0 radical (unpaired) electrons. The average Bonchev–Trinajstić information content (AvgIpc) is 3.14. The van der Waals surface area contributed by atoms with Crippen LogP contribution in [-0.2, 0) is 21.5 Å². The second-order valence-corrected chi connectivity index (χ2v) is 9.42. The summed E-state index contributed by atoms with van der Waals surface area (Å²) in [4.78, 5) is 16.0. The highest BCUT2D eigenvalue weighted by Gasteiger charge is 2.42. The molecule has 0 aliphatic carbocycles. The molecular weight excluding hydrogens is 384 g/mol. The fourth-order valence-corrected chi connectivity index (χ4v) is 5.47. The van der Waals surface area contributed by atoms with E-state index in [1.54, 1.807) is 0 Å². The first kappa shape index (κ1) is 22.0. The van der Waals surface area contributed by atoms with Crippen LogP contribution in [0.5, 0.6) is 0 Å². The maximum absolute atomic E-state index is 13.4. The molecule has 2 heterocycles.